The number of carbonyl (C=O) groups is 3. The number of hydrogen-bond acceptors (Lipinski definition) is 3. The average Bonchev–Trinajstić information content (AvgIpc) is 2.90. The largest absolute Gasteiger partial charge is 0.352 e. The van der Waals surface area contributed by atoms with Crippen molar-refractivity contribution in [3.8, 4) is 0 Å². The van der Waals surface area contributed by atoms with Gasteiger partial charge in [-0.1, -0.05) is 56.9 Å². The summed E-state index contributed by atoms with van der Waals surface area (Å²) in [6, 6.07) is 7.31. The SMILES string of the molecule is CCCCCC[C@H](C)NC(=O)CN1C(=O)N[C@@]2(CCCc3ccccc32)C1=O. The van der Waals surface area contributed by atoms with Crippen molar-refractivity contribution in [2.75, 3.05) is 6.54 Å². The normalized spacial score (nSPS) is 22.1. The number of hydrogen-bond donors (Lipinski definition) is 2. The molecule has 1 aliphatic carbocycles. The fraction of sp³-hybridized carbons (Fsp3) is 0.591. The minimum Gasteiger partial charge on any atom is -0.352 e. The first-order chi connectivity index (χ1) is 13.5. The van der Waals surface area contributed by atoms with Crippen LogP contribution in [0.1, 0.15) is 69.9 Å². The lowest BCUT2D eigenvalue weighted by Gasteiger charge is -2.33. The van der Waals surface area contributed by atoms with Crippen LogP contribution in [0.15, 0.2) is 24.3 Å². The number of amides is 4. The molecule has 2 atom stereocenters. The van der Waals surface area contributed by atoms with Crippen molar-refractivity contribution in [2.24, 2.45) is 0 Å². The first kappa shape index (κ1) is 20.4. The molecule has 0 radical (unpaired) electrons. The number of benzene rings is 1. The Bertz CT molecular complexity index is 748. The molecule has 2 aliphatic rings. The minimum atomic E-state index is -1.02. The van der Waals surface area contributed by atoms with Crippen molar-refractivity contribution >= 4 is 17.8 Å². The van der Waals surface area contributed by atoms with Crippen LogP contribution >= 0.6 is 0 Å². The molecular weight excluding hydrogens is 354 g/mol. The quantitative estimate of drug-likeness (QED) is 0.533. The molecule has 6 heteroatoms. The zero-order valence-electron chi connectivity index (χ0n) is 16.9. The third-order valence-electron chi connectivity index (χ3n) is 5.85. The van der Waals surface area contributed by atoms with E-state index in [-0.39, 0.29) is 24.4 Å². The van der Waals surface area contributed by atoms with Gasteiger partial charge in [-0.15, -0.1) is 0 Å². The molecular formula is C22H31N3O3. The Morgan fingerprint density at radius 2 is 2.04 bits per heavy atom. The third kappa shape index (κ3) is 4.05. The van der Waals surface area contributed by atoms with E-state index in [0.717, 1.165) is 48.1 Å². The Labute approximate surface area is 167 Å². The maximum Gasteiger partial charge on any atom is 0.325 e. The van der Waals surface area contributed by atoms with Crippen LogP contribution in [0.4, 0.5) is 4.79 Å². The van der Waals surface area contributed by atoms with Crippen LogP contribution in [0.2, 0.25) is 0 Å². The van der Waals surface area contributed by atoms with Crippen LogP contribution in [0.25, 0.3) is 0 Å². The number of nitrogens with zero attached hydrogens (tertiary/aromatic N) is 1. The molecule has 1 fully saturated rings. The number of imide groups is 1. The Balaban J connectivity index is 1.63. The molecule has 6 nitrogen and oxygen atoms in total. The zero-order valence-corrected chi connectivity index (χ0v) is 16.9. The van der Waals surface area contributed by atoms with Crippen molar-refractivity contribution in [1.29, 1.82) is 0 Å². The topological polar surface area (TPSA) is 78.5 Å². The highest BCUT2D eigenvalue weighted by Gasteiger charge is 2.54. The van der Waals surface area contributed by atoms with E-state index in [9.17, 15) is 14.4 Å². The first-order valence-electron chi connectivity index (χ1n) is 10.5. The molecule has 152 valence electrons. The van der Waals surface area contributed by atoms with Gasteiger partial charge in [0.15, 0.2) is 0 Å². The van der Waals surface area contributed by atoms with E-state index in [4.69, 9.17) is 0 Å². The lowest BCUT2D eigenvalue weighted by molar-refractivity contribution is -0.135. The number of rotatable bonds is 8. The van der Waals surface area contributed by atoms with E-state index in [1.54, 1.807) is 0 Å². The maximum absolute atomic E-state index is 13.2. The number of carbonyl (C=O) groups excluding carboxylic acids is 3. The van der Waals surface area contributed by atoms with Crippen LogP contribution < -0.4 is 10.6 Å². The molecule has 1 aliphatic heterocycles. The van der Waals surface area contributed by atoms with Gasteiger partial charge >= 0.3 is 6.03 Å². The molecule has 2 N–H and O–H groups in total. The van der Waals surface area contributed by atoms with Crippen molar-refractivity contribution < 1.29 is 14.4 Å². The van der Waals surface area contributed by atoms with Crippen LogP contribution in [-0.2, 0) is 21.5 Å². The fourth-order valence-corrected chi connectivity index (χ4v) is 4.37. The van der Waals surface area contributed by atoms with E-state index in [1.165, 1.54) is 12.8 Å². The van der Waals surface area contributed by atoms with Crippen LogP contribution in [-0.4, -0.2) is 35.3 Å². The highest BCUT2D eigenvalue weighted by Crippen LogP contribution is 2.39. The lowest BCUT2D eigenvalue weighted by Crippen LogP contribution is -2.47. The minimum absolute atomic E-state index is 0.0366. The van der Waals surface area contributed by atoms with E-state index >= 15 is 0 Å². The lowest BCUT2D eigenvalue weighted by atomic mass is 9.76. The molecule has 0 saturated carbocycles. The summed E-state index contributed by atoms with van der Waals surface area (Å²) in [5, 5.41) is 5.81. The van der Waals surface area contributed by atoms with Crippen molar-refractivity contribution in [1.82, 2.24) is 15.5 Å². The third-order valence-corrected chi connectivity index (χ3v) is 5.85. The van der Waals surface area contributed by atoms with Crippen molar-refractivity contribution in [2.45, 2.75) is 76.8 Å². The van der Waals surface area contributed by atoms with Crippen LogP contribution in [0, 0.1) is 0 Å². The molecule has 3 rings (SSSR count). The monoisotopic (exact) mass is 385 g/mol. The van der Waals surface area contributed by atoms with Gasteiger partial charge in [-0.3, -0.25) is 14.5 Å². The molecule has 1 aromatic rings. The first-order valence-corrected chi connectivity index (χ1v) is 10.5. The molecule has 0 unspecified atom stereocenters. The summed E-state index contributed by atoms with van der Waals surface area (Å²) in [5.41, 5.74) is 0.944. The predicted molar refractivity (Wildman–Crippen MR) is 108 cm³/mol. The molecule has 1 heterocycles. The molecule has 1 saturated heterocycles. The summed E-state index contributed by atoms with van der Waals surface area (Å²) in [7, 11) is 0. The van der Waals surface area contributed by atoms with E-state index in [2.05, 4.69) is 17.6 Å². The van der Waals surface area contributed by atoms with Crippen molar-refractivity contribution in [3.05, 3.63) is 35.4 Å². The Morgan fingerprint density at radius 3 is 2.82 bits per heavy atom. The van der Waals surface area contributed by atoms with Gasteiger partial charge < -0.3 is 10.6 Å². The second-order valence-electron chi connectivity index (χ2n) is 8.06. The van der Waals surface area contributed by atoms with Crippen molar-refractivity contribution in [3.63, 3.8) is 0 Å². The van der Waals surface area contributed by atoms with Gasteiger partial charge in [0.2, 0.25) is 5.91 Å². The molecule has 0 aromatic heterocycles. The number of nitrogens with one attached hydrogen (secondary N) is 2. The second-order valence-corrected chi connectivity index (χ2v) is 8.06. The Kier molecular flexibility index (Phi) is 6.37. The standard InChI is InChI=1S/C22H31N3O3/c1-3-4-5-6-10-16(2)23-19(26)15-25-20(27)22(24-21(25)28)14-9-12-17-11-7-8-13-18(17)22/h7-8,11,13,16H,3-6,9-10,12,14-15H2,1-2H3,(H,23,26)(H,24,28)/t16-,22+/m0/s1. The number of aryl methyl sites for hydroxylation is 1. The average molecular weight is 386 g/mol. The summed E-state index contributed by atoms with van der Waals surface area (Å²) >= 11 is 0. The number of fused-ring (bicyclic) bond motifs is 2. The van der Waals surface area contributed by atoms with Crippen LogP contribution in [0.3, 0.4) is 0 Å². The van der Waals surface area contributed by atoms with Gasteiger partial charge in [-0.2, -0.15) is 0 Å². The van der Waals surface area contributed by atoms with Gasteiger partial charge in [0.05, 0.1) is 0 Å². The molecule has 28 heavy (non-hydrogen) atoms. The Hall–Kier alpha value is -2.37. The summed E-state index contributed by atoms with van der Waals surface area (Å²) < 4.78 is 0. The number of urea groups is 1. The summed E-state index contributed by atoms with van der Waals surface area (Å²) in [5.74, 6) is -0.594. The number of unbranched alkanes of at least 4 members (excludes halogenated alkanes) is 3. The summed E-state index contributed by atoms with van der Waals surface area (Å²) in [6.45, 7) is 3.91. The highest BCUT2D eigenvalue weighted by atomic mass is 16.2. The van der Waals surface area contributed by atoms with Gasteiger partial charge in [0.25, 0.3) is 5.91 Å². The van der Waals surface area contributed by atoms with E-state index < -0.39 is 11.6 Å². The second kappa shape index (κ2) is 8.76. The van der Waals surface area contributed by atoms with Crippen LogP contribution in [0.5, 0.6) is 0 Å². The fourth-order valence-electron chi connectivity index (χ4n) is 4.37. The van der Waals surface area contributed by atoms with Gasteiger partial charge in [0.1, 0.15) is 12.1 Å². The van der Waals surface area contributed by atoms with Gasteiger partial charge in [-0.25, -0.2) is 4.79 Å². The van der Waals surface area contributed by atoms with Gasteiger partial charge in [-0.05, 0) is 43.7 Å². The maximum atomic E-state index is 13.2. The molecule has 1 aromatic carbocycles. The predicted octanol–water partition coefficient (Wildman–Crippen LogP) is 3.25. The molecule has 0 bridgehead atoms. The summed E-state index contributed by atoms with van der Waals surface area (Å²) in [4.78, 5) is 39.2. The van der Waals surface area contributed by atoms with E-state index in [0.29, 0.717) is 6.42 Å². The summed E-state index contributed by atoms with van der Waals surface area (Å²) in [6.07, 6.45) is 7.81. The Morgan fingerprint density at radius 1 is 1.25 bits per heavy atom. The zero-order chi connectivity index (χ0) is 20.1. The smallest absolute Gasteiger partial charge is 0.325 e. The van der Waals surface area contributed by atoms with E-state index in [1.807, 2.05) is 31.2 Å². The molecule has 1 spiro atoms. The van der Waals surface area contributed by atoms with Gasteiger partial charge in [0, 0.05) is 6.04 Å². The molecule has 4 amide bonds. The highest BCUT2D eigenvalue weighted by molar-refractivity contribution is 6.09.